The normalized spacial score (nSPS) is 10.7. The van der Waals surface area contributed by atoms with E-state index in [2.05, 4.69) is 46.0 Å². The molecule has 0 aliphatic carbocycles. The Kier molecular flexibility index (Phi) is 7.32. The number of benzene rings is 1. The van der Waals surface area contributed by atoms with Crippen LogP contribution in [-0.4, -0.2) is 40.5 Å². The van der Waals surface area contributed by atoms with Gasteiger partial charge >= 0.3 is 0 Å². The zero-order valence-electron chi connectivity index (χ0n) is 11.4. The van der Waals surface area contributed by atoms with Gasteiger partial charge in [0.2, 0.25) is 0 Å². The van der Waals surface area contributed by atoms with Crippen molar-refractivity contribution in [3.8, 4) is 0 Å². The summed E-state index contributed by atoms with van der Waals surface area (Å²) in [6.45, 7) is 5.31. The molecule has 0 saturated heterocycles. The zero-order valence-corrected chi connectivity index (χ0v) is 13.0. The third-order valence-electron chi connectivity index (χ3n) is 2.85. The molecule has 1 aromatic carbocycles. The van der Waals surface area contributed by atoms with E-state index in [1.54, 1.807) is 14.2 Å². The van der Waals surface area contributed by atoms with E-state index in [0.717, 1.165) is 31.6 Å². The van der Waals surface area contributed by atoms with E-state index in [1.165, 1.54) is 16.8 Å². The molecule has 0 atom stereocenters. The number of nitrogens with zero attached hydrogens (tertiary/aromatic N) is 1. The second kappa shape index (κ2) is 8.51. The molecular formula is C14H22BrNO2. The molecule has 0 unspecified atom stereocenters. The van der Waals surface area contributed by atoms with Crippen LogP contribution >= 0.6 is 15.9 Å². The van der Waals surface area contributed by atoms with E-state index in [1.807, 2.05) is 0 Å². The SMILES string of the molecule is COCCN(CCOC)c1ccc(C)cc1CBr. The molecule has 0 spiro atoms. The van der Waals surface area contributed by atoms with Crippen molar-refractivity contribution >= 4 is 21.6 Å². The first-order valence-corrected chi connectivity index (χ1v) is 7.23. The first-order valence-electron chi connectivity index (χ1n) is 6.11. The number of methoxy groups -OCH3 is 2. The van der Waals surface area contributed by atoms with Gasteiger partial charge in [-0.25, -0.2) is 0 Å². The molecule has 0 bridgehead atoms. The molecule has 0 radical (unpaired) electrons. The van der Waals surface area contributed by atoms with Gasteiger partial charge in [0.15, 0.2) is 0 Å². The predicted octanol–water partition coefficient (Wildman–Crippen LogP) is 2.99. The molecule has 18 heavy (non-hydrogen) atoms. The maximum atomic E-state index is 5.18. The number of ether oxygens (including phenoxy) is 2. The van der Waals surface area contributed by atoms with Gasteiger partial charge in [0.25, 0.3) is 0 Å². The Hall–Kier alpha value is -0.580. The minimum atomic E-state index is 0.722. The van der Waals surface area contributed by atoms with Gasteiger partial charge < -0.3 is 14.4 Å². The van der Waals surface area contributed by atoms with E-state index in [0.29, 0.717) is 0 Å². The van der Waals surface area contributed by atoms with Crippen LogP contribution in [0.4, 0.5) is 5.69 Å². The summed E-state index contributed by atoms with van der Waals surface area (Å²) in [6, 6.07) is 6.54. The number of rotatable bonds is 8. The van der Waals surface area contributed by atoms with Gasteiger partial charge in [-0.2, -0.15) is 0 Å². The van der Waals surface area contributed by atoms with Crippen LogP contribution in [0, 0.1) is 6.92 Å². The molecule has 0 N–H and O–H groups in total. The maximum Gasteiger partial charge on any atom is 0.0637 e. The smallest absolute Gasteiger partial charge is 0.0637 e. The number of aryl methyl sites for hydroxylation is 1. The van der Waals surface area contributed by atoms with Crippen molar-refractivity contribution in [3.63, 3.8) is 0 Å². The van der Waals surface area contributed by atoms with Crippen molar-refractivity contribution in [3.05, 3.63) is 29.3 Å². The Morgan fingerprint density at radius 2 is 1.72 bits per heavy atom. The van der Waals surface area contributed by atoms with E-state index in [-0.39, 0.29) is 0 Å². The van der Waals surface area contributed by atoms with Crippen molar-refractivity contribution in [1.29, 1.82) is 0 Å². The molecule has 102 valence electrons. The first-order chi connectivity index (χ1) is 8.72. The van der Waals surface area contributed by atoms with Crippen molar-refractivity contribution in [1.82, 2.24) is 0 Å². The zero-order chi connectivity index (χ0) is 13.4. The number of halogens is 1. The van der Waals surface area contributed by atoms with Gasteiger partial charge in [0.1, 0.15) is 0 Å². The molecule has 0 saturated carbocycles. The van der Waals surface area contributed by atoms with Crippen LogP contribution in [0.25, 0.3) is 0 Å². The third-order valence-corrected chi connectivity index (χ3v) is 3.45. The van der Waals surface area contributed by atoms with Gasteiger partial charge in [-0.3, -0.25) is 0 Å². The fourth-order valence-corrected chi connectivity index (χ4v) is 2.33. The Morgan fingerprint density at radius 3 is 2.22 bits per heavy atom. The largest absolute Gasteiger partial charge is 0.383 e. The monoisotopic (exact) mass is 315 g/mol. The average molecular weight is 316 g/mol. The molecule has 0 aliphatic rings. The molecule has 0 fully saturated rings. The topological polar surface area (TPSA) is 21.7 Å². The van der Waals surface area contributed by atoms with Crippen LogP contribution in [-0.2, 0) is 14.8 Å². The van der Waals surface area contributed by atoms with Gasteiger partial charge in [-0.05, 0) is 18.6 Å². The lowest BCUT2D eigenvalue weighted by Crippen LogP contribution is -2.31. The van der Waals surface area contributed by atoms with Crippen molar-refractivity contribution < 1.29 is 9.47 Å². The summed E-state index contributed by atoms with van der Waals surface area (Å²) in [5.41, 5.74) is 3.85. The van der Waals surface area contributed by atoms with Crippen LogP contribution in [0.1, 0.15) is 11.1 Å². The van der Waals surface area contributed by atoms with Crippen LogP contribution < -0.4 is 4.90 Å². The molecule has 0 aromatic heterocycles. The summed E-state index contributed by atoms with van der Waals surface area (Å²) < 4.78 is 10.4. The summed E-state index contributed by atoms with van der Waals surface area (Å²) in [7, 11) is 3.46. The lowest BCUT2D eigenvalue weighted by Gasteiger charge is -2.26. The molecule has 1 aromatic rings. The molecule has 3 nitrogen and oxygen atoms in total. The third kappa shape index (κ3) is 4.59. The predicted molar refractivity (Wildman–Crippen MR) is 79.8 cm³/mol. The number of alkyl halides is 1. The minimum absolute atomic E-state index is 0.722. The summed E-state index contributed by atoms with van der Waals surface area (Å²) in [6.07, 6.45) is 0. The maximum absolute atomic E-state index is 5.18. The van der Waals surface area contributed by atoms with Crippen molar-refractivity contribution in [2.24, 2.45) is 0 Å². The molecule has 4 heteroatoms. The van der Waals surface area contributed by atoms with E-state index in [9.17, 15) is 0 Å². The highest BCUT2D eigenvalue weighted by atomic mass is 79.9. The molecule has 0 heterocycles. The molecule has 0 aliphatic heterocycles. The van der Waals surface area contributed by atoms with E-state index >= 15 is 0 Å². The van der Waals surface area contributed by atoms with Crippen molar-refractivity contribution in [2.45, 2.75) is 12.3 Å². The van der Waals surface area contributed by atoms with Gasteiger partial charge in [-0.1, -0.05) is 33.6 Å². The molecule has 1 rings (SSSR count). The van der Waals surface area contributed by atoms with Crippen LogP contribution in [0.3, 0.4) is 0 Å². The Labute approximate surface area is 118 Å². The van der Waals surface area contributed by atoms with Crippen LogP contribution in [0.15, 0.2) is 18.2 Å². The first kappa shape index (κ1) is 15.5. The standard InChI is InChI=1S/C14H22BrNO2/c1-12-4-5-14(13(10-12)11-15)16(6-8-17-2)7-9-18-3/h4-5,10H,6-9,11H2,1-3H3. The second-order valence-corrected chi connectivity index (χ2v) is 4.80. The number of hydrogen-bond acceptors (Lipinski definition) is 3. The van der Waals surface area contributed by atoms with Crippen LogP contribution in [0.5, 0.6) is 0 Å². The molecule has 0 amide bonds. The van der Waals surface area contributed by atoms with E-state index in [4.69, 9.17) is 9.47 Å². The van der Waals surface area contributed by atoms with Crippen LogP contribution in [0.2, 0.25) is 0 Å². The van der Waals surface area contributed by atoms with Gasteiger partial charge in [0, 0.05) is 38.3 Å². The van der Waals surface area contributed by atoms with E-state index < -0.39 is 0 Å². The van der Waals surface area contributed by atoms with Gasteiger partial charge in [0.05, 0.1) is 13.2 Å². The highest BCUT2D eigenvalue weighted by molar-refractivity contribution is 9.08. The lowest BCUT2D eigenvalue weighted by molar-refractivity contribution is 0.190. The highest BCUT2D eigenvalue weighted by Crippen LogP contribution is 2.24. The Balaban J connectivity index is 2.88. The molecular weight excluding hydrogens is 294 g/mol. The fourth-order valence-electron chi connectivity index (χ4n) is 1.89. The summed E-state index contributed by atoms with van der Waals surface area (Å²) in [5, 5.41) is 0.862. The number of hydrogen-bond donors (Lipinski definition) is 0. The minimum Gasteiger partial charge on any atom is -0.383 e. The summed E-state index contributed by atoms with van der Waals surface area (Å²) in [4.78, 5) is 2.31. The highest BCUT2D eigenvalue weighted by Gasteiger charge is 2.10. The lowest BCUT2D eigenvalue weighted by atomic mass is 10.1. The van der Waals surface area contributed by atoms with Crippen molar-refractivity contribution in [2.75, 3.05) is 45.4 Å². The average Bonchev–Trinajstić information content (AvgIpc) is 2.39. The fraction of sp³-hybridized carbons (Fsp3) is 0.571. The van der Waals surface area contributed by atoms with Gasteiger partial charge in [-0.15, -0.1) is 0 Å². The number of anilines is 1. The summed E-state index contributed by atoms with van der Waals surface area (Å²) >= 11 is 3.56. The second-order valence-electron chi connectivity index (χ2n) is 4.24. The quantitative estimate of drug-likeness (QED) is 0.688. The Bertz CT molecular complexity index is 350. The summed E-state index contributed by atoms with van der Waals surface area (Å²) in [5.74, 6) is 0. The Morgan fingerprint density at radius 1 is 1.11 bits per heavy atom.